The maximum absolute atomic E-state index is 13.9. The van der Waals surface area contributed by atoms with Crippen LogP contribution in [0, 0.1) is 37.1 Å². The summed E-state index contributed by atoms with van der Waals surface area (Å²) in [5.74, 6) is -2.88. The highest BCUT2D eigenvalue weighted by molar-refractivity contribution is 6.39. The first kappa shape index (κ1) is 26.4. The first-order chi connectivity index (χ1) is 17.0. The molecular weight excluding hydrogens is 560 g/mol. The van der Waals surface area contributed by atoms with Gasteiger partial charge in [-0.25, -0.2) is 27.5 Å². The lowest BCUT2D eigenvalue weighted by atomic mass is 10.1. The highest BCUT2D eigenvalue weighted by atomic mass is 35.5. The van der Waals surface area contributed by atoms with Gasteiger partial charge in [0.25, 0.3) is 0 Å². The van der Waals surface area contributed by atoms with E-state index in [0.717, 1.165) is 24.3 Å². The van der Waals surface area contributed by atoms with Crippen molar-refractivity contribution in [1.82, 2.24) is 15.0 Å². The zero-order valence-electron chi connectivity index (χ0n) is 18.4. The number of halogens is 8. The van der Waals surface area contributed by atoms with Gasteiger partial charge >= 0.3 is 0 Å². The summed E-state index contributed by atoms with van der Waals surface area (Å²) in [7, 11) is 0. The van der Waals surface area contributed by atoms with Gasteiger partial charge in [0, 0.05) is 47.8 Å². The van der Waals surface area contributed by atoms with Gasteiger partial charge in [0.2, 0.25) is 0 Å². The van der Waals surface area contributed by atoms with Crippen molar-refractivity contribution in [3.63, 3.8) is 0 Å². The molecule has 0 radical (unpaired) electrons. The zero-order valence-corrected chi connectivity index (χ0v) is 21.4. The summed E-state index contributed by atoms with van der Waals surface area (Å²) in [5.41, 5.74) is 2.46. The van der Waals surface area contributed by atoms with E-state index in [9.17, 15) is 17.6 Å². The van der Waals surface area contributed by atoms with Crippen molar-refractivity contribution in [3.8, 4) is 11.3 Å². The summed E-state index contributed by atoms with van der Waals surface area (Å²) in [6, 6.07) is 5.46. The fraction of sp³-hybridized carbons (Fsp3) is 0.0800. The summed E-state index contributed by atoms with van der Waals surface area (Å²) in [6.45, 7) is 3.34. The molecule has 184 valence electrons. The molecule has 3 nitrogen and oxygen atoms in total. The minimum Gasteiger partial charge on any atom is -0.262 e. The molecule has 0 N–H and O–H groups in total. The lowest BCUT2D eigenvalue weighted by Crippen LogP contribution is -1.95. The molecule has 3 aromatic heterocycles. The van der Waals surface area contributed by atoms with Crippen LogP contribution in [0.3, 0.4) is 0 Å². The number of aromatic nitrogens is 3. The Morgan fingerprint density at radius 3 is 1.72 bits per heavy atom. The topological polar surface area (TPSA) is 38.7 Å². The van der Waals surface area contributed by atoms with Crippen LogP contribution in [-0.4, -0.2) is 15.0 Å². The molecule has 0 unspecified atom stereocenters. The lowest BCUT2D eigenvalue weighted by molar-refractivity contribution is 0.590. The second-order valence-corrected chi connectivity index (χ2v) is 9.25. The number of hydrogen-bond acceptors (Lipinski definition) is 3. The van der Waals surface area contributed by atoms with Crippen LogP contribution < -0.4 is 0 Å². The normalized spacial score (nSPS) is 11.1. The number of fused-ring (bicyclic) bond motifs is 2. The summed E-state index contributed by atoms with van der Waals surface area (Å²) in [4.78, 5) is 12.1. The smallest absolute Gasteiger partial charge is 0.137 e. The zero-order chi connectivity index (χ0) is 26.3. The lowest BCUT2D eigenvalue weighted by Gasteiger charge is -2.11. The molecule has 0 atom stereocenters. The van der Waals surface area contributed by atoms with Gasteiger partial charge in [-0.05, 0) is 25.5 Å². The van der Waals surface area contributed by atoms with E-state index in [4.69, 9.17) is 46.4 Å². The Labute approximate surface area is 222 Å². The van der Waals surface area contributed by atoms with Crippen LogP contribution in [0.1, 0.15) is 11.1 Å². The largest absolute Gasteiger partial charge is 0.262 e. The summed E-state index contributed by atoms with van der Waals surface area (Å²) >= 11 is 23.8. The SMILES string of the molecule is Cc1c(-c2cncc(Cl)c2)nc2cc(F)cc(F)c2c1Cl.Cc1c(Cl)nc2cc(F)cc(F)c2c1Cl. The van der Waals surface area contributed by atoms with Gasteiger partial charge in [-0.1, -0.05) is 46.4 Å². The molecule has 5 aromatic rings. The number of rotatable bonds is 1. The predicted molar refractivity (Wildman–Crippen MR) is 136 cm³/mol. The van der Waals surface area contributed by atoms with Crippen LogP contribution in [0.2, 0.25) is 20.2 Å². The van der Waals surface area contributed by atoms with Gasteiger partial charge < -0.3 is 0 Å². The third kappa shape index (κ3) is 5.06. The maximum Gasteiger partial charge on any atom is 0.137 e. The van der Waals surface area contributed by atoms with Crippen molar-refractivity contribution in [2.45, 2.75) is 13.8 Å². The average Bonchev–Trinajstić information content (AvgIpc) is 2.79. The van der Waals surface area contributed by atoms with Gasteiger partial charge in [-0.3, -0.25) is 4.98 Å². The highest BCUT2D eigenvalue weighted by Gasteiger charge is 2.17. The molecule has 0 fully saturated rings. The molecule has 0 aliphatic carbocycles. The molecule has 36 heavy (non-hydrogen) atoms. The molecule has 0 spiro atoms. The van der Waals surface area contributed by atoms with Crippen molar-refractivity contribution in [3.05, 3.63) is 97.3 Å². The molecule has 0 amide bonds. The molecule has 0 bridgehead atoms. The van der Waals surface area contributed by atoms with Crippen LogP contribution >= 0.6 is 46.4 Å². The van der Waals surface area contributed by atoms with Gasteiger partial charge in [0.15, 0.2) is 0 Å². The van der Waals surface area contributed by atoms with Gasteiger partial charge in [0.1, 0.15) is 28.4 Å². The van der Waals surface area contributed by atoms with Crippen LogP contribution in [0.15, 0.2) is 42.7 Å². The third-order valence-corrected chi connectivity index (χ3v) is 6.78. The Bertz CT molecular complexity index is 1660. The van der Waals surface area contributed by atoms with Crippen molar-refractivity contribution in [1.29, 1.82) is 0 Å². The fourth-order valence-electron chi connectivity index (χ4n) is 3.52. The standard InChI is InChI=1S/C15H8Cl2F2N2.C10H5Cl2F2N/c1-7-14(17)13-11(19)3-10(18)4-12(13)21-15(7)8-2-9(16)6-20-5-8;1-4-9(11)8-6(14)2-5(13)3-7(8)15-10(4)12/h2-6H,1H3;2-3H,1H3. The molecule has 11 heteroatoms. The third-order valence-electron chi connectivity index (χ3n) is 5.26. The Morgan fingerprint density at radius 2 is 1.17 bits per heavy atom. The Kier molecular flexibility index (Phi) is 7.57. The number of nitrogens with zero attached hydrogens (tertiary/aromatic N) is 3. The molecular formula is C25H13Cl4F4N3. The minimum absolute atomic E-state index is 0.0972. The monoisotopic (exact) mass is 571 g/mol. The van der Waals surface area contributed by atoms with Crippen LogP contribution in [-0.2, 0) is 0 Å². The molecule has 0 aliphatic heterocycles. The highest BCUT2D eigenvalue weighted by Crippen LogP contribution is 2.35. The molecule has 0 aliphatic rings. The minimum atomic E-state index is -0.735. The number of pyridine rings is 3. The van der Waals surface area contributed by atoms with Crippen LogP contribution in [0.25, 0.3) is 33.1 Å². The van der Waals surface area contributed by atoms with Gasteiger partial charge in [-0.15, -0.1) is 0 Å². The second kappa shape index (κ2) is 10.3. The number of benzene rings is 2. The van der Waals surface area contributed by atoms with E-state index in [2.05, 4.69) is 15.0 Å². The van der Waals surface area contributed by atoms with E-state index in [1.165, 1.54) is 6.20 Å². The number of hydrogen-bond donors (Lipinski definition) is 0. The maximum atomic E-state index is 13.9. The van der Waals surface area contributed by atoms with E-state index in [-0.39, 0.29) is 37.0 Å². The van der Waals surface area contributed by atoms with E-state index >= 15 is 0 Å². The van der Waals surface area contributed by atoms with E-state index in [1.807, 2.05) is 0 Å². The first-order valence-electron chi connectivity index (χ1n) is 10.1. The Balaban J connectivity index is 0.000000179. The van der Waals surface area contributed by atoms with E-state index in [1.54, 1.807) is 26.1 Å². The van der Waals surface area contributed by atoms with Crippen molar-refractivity contribution >= 4 is 68.2 Å². The molecule has 3 heterocycles. The first-order valence-corrected chi connectivity index (χ1v) is 11.6. The molecule has 2 aromatic carbocycles. The summed E-state index contributed by atoms with van der Waals surface area (Å²) in [5, 5.41) is 1.16. The van der Waals surface area contributed by atoms with E-state index in [0.29, 0.717) is 27.4 Å². The molecule has 5 rings (SSSR count). The average molecular weight is 573 g/mol. The van der Waals surface area contributed by atoms with Crippen LogP contribution in [0.4, 0.5) is 17.6 Å². The second-order valence-electron chi connectivity index (χ2n) is 7.70. The van der Waals surface area contributed by atoms with Crippen molar-refractivity contribution < 1.29 is 17.6 Å². The molecule has 0 saturated carbocycles. The molecule has 0 saturated heterocycles. The van der Waals surface area contributed by atoms with Gasteiger partial charge in [-0.2, -0.15) is 0 Å². The summed E-state index contributed by atoms with van der Waals surface area (Å²) < 4.78 is 53.6. The Morgan fingerprint density at radius 1 is 0.639 bits per heavy atom. The quantitative estimate of drug-likeness (QED) is 0.148. The van der Waals surface area contributed by atoms with E-state index < -0.39 is 23.3 Å². The van der Waals surface area contributed by atoms with Crippen molar-refractivity contribution in [2.24, 2.45) is 0 Å². The summed E-state index contributed by atoms with van der Waals surface area (Å²) in [6.07, 6.45) is 3.06. The fourth-order valence-corrected chi connectivity index (χ4v) is 4.48. The van der Waals surface area contributed by atoms with Gasteiger partial charge in [0.05, 0.1) is 42.6 Å². The van der Waals surface area contributed by atoms with Crippen molar-refractivity contribution in [2.75, 3.05) is 0 Å². The van der Waals surface area contributed by atoms with Crippen LogP contribution in [0.5, 0.6) is 0 Å². The Hall–Kier alpha value is -2.71. The predicted octanol–water partition coefficient (Wildman–Crippen LogP) is 9.32.